The van der Waals surface area contributed by atoms with E-state index in [4.69, 9.17) is 17.0 Å². The van der Waals surface area contributed by atoms with Crippen LogP contribution in [0.1, 0.15) is 49.2 Å². The molecule has 3 N–H and O–H groups in total. The van der Waals surface area contributed by atoms with Crippen molar-refractivity contribution >= 4 is 45.1 Å². The van der Waals surface area contributed by atoms with E-state index in [0.29, 0.717) is 11.3 Å². The molecule has 2 aromatic carbocycles. The summed E-state index contributed by atoms with van der Waals surface area (Å²) in [6, 6.07) is 12.9. The average molecular weight is 492 g/mol. The molecule has 0 atom stereocenters. The Kier molecular flexibility index (Phi) is 8.37. The van der Waals surface area contributed by atoms with Crippen LogP contribution < -0.4 is 20.9 Å². The Morgan fingerprint density at radius 1 is 1.07 bits per heavy atom. The molecule has 0 aliphatic heterocycles. The maximum absolute atomic E-state index is 12.4. The SMILES string of the molecule is CCc1ccc(OCC(=O)NNC(=S)NC(=O)c2ccc(C(C)(C)C)c(Br)c2)cc1. The van der Waals surface area contributed by atoms with E-state index in [1.807, 2.05) is 30.3 Å². The normalized spacial score (nSPS) is 10.8. The van der Waals surface area contributed by atoms with Crippen LogP contribution in [-0.2, 0) is 16.6 Å². The minimum Gasteiger partial charge on any atom is -0.484 e. The molecular formula is C22H26BrN3O3S. The molecule has 0 spiro atoms. The standard InChI is InChI=1S/C22H26BrN3O3S/c1-5-14-6-9-16(10-7-14)29-13-19(27)25-26-21(30)24-20(28)15-8-11-17(18(23)12-15)22(2,3)4/h6-12H,5,13H2,1-4H3,(H,25,27)(H2,24,26,28,30). The summed E-state index contributed by atoms with van der Waals surface area (Å²) in [4.78, 5) is 24.3. The van der Waals surface area contributed by atoms with Gasteiger partial charge in [0.1, 0.15) is 5.75 Å². The molecule has 0 saturated carbocycles. The van der Waals surface area contributed by atoms with Gasteiger partial charge in [0.15, 0.2) is 11.7 Å². The first-order valence-corrected chi connectivity index (χ1v) is 10.7. The van der Waals surface area contributed by atoms with Crippen molar-refractivity contribution in [3.05, 3.63) is 63.6 Å². The van der Waals surface area contributed by atoms with Crippen LogP contribution in [-0.4, -0.2) is 23.5 Å². The van der Waals surface area contributed by atoms with E-state index >= 15 is 0 Å². The summed E-state index contributed by atoms with van der Waals surface area (Å²) in [5.41, 5.74) is 7.57. The van der Waals surface area contributed by atoms with Crippen molar-refractivity contribution in [1.29, 1.82) is 0 Å². The van der Waals surface area contributed by atoms with Crippen LogP contribution in [0.25, 0.3) is 0 Å². The molecule has 2 amide bonds. The number of hydrogen-bond acceptors (Lipinski definition) is 4. The minimum atomic E-state index is -0.427. The summed E-state index contributed by atoms with van der Waals surface area (Å²) in [7, 11) is 0. The molecule has 8 heteroatoms. The molecule has 2 rings (SSSR count). The van der Waals surface area contributed by atoms with E-state index in [0.717, 1.165) is 16.5 Å². The van der Waals surface area contributed by atoms with E-state index in [9.17, 15) is 9.59 Å². The van der Waals surface area contributed by atoms with Gasteiger partial charge in [-0.05, 0) is 59.4 Å². The number of benzene rings is 2. The molecule has 0 bridgehead atoms. The van der Waals surface area contributed by atoms with Crippen molar-refractivity contribution in [2.24, 2.45) is 0 Å². The molecule has 6 nitrogen and oxygen atoms in total. The first-order chi connectivity index (χ1) is 14.1. The molecule has 0 fully saturated rings. The Morgan fingerprint density at radius 3 is 2.30 bits per heavy atom. The highest BCUT2D eigenvalue weighted by atomic mass is 79.9. The zero-order chi connectivity index (χ0) is 22.3. The van der Waals surface area contributed by atoms with E-state index in [1.54, 1.807) is 12.1 Å². The number of amides is 2. The fourth-order valence-electron chi connectivity index (χ4n) is 2.60. The summed E-state index contributed by atoms with van der Waals surface area (Å²) in [5.74, 6) is -0.207. The molecule has 0 aliphatic carbocycles. The molecule has 0 unspecified atom stereocenters. The van der Waals surface area contributed by atoms with E-state index in [2.05, 4.69) is 59.8 Å². The van der Waals surface area contributed by atoms with Gasteiger partial charge in [0, 0.05) is 10.0 Å². The van der Waals surface area contributed by atoms with E-state index in [-0.39, 0.29) is 23.0 Å². The third-order valence-electron chi connectivity index (χ3n) is 4.28. The fourth-order valence-corrected chi connectivity index (χ4v) is 3.72. The second-order valence-corrected chi connectivity index (χ2v) is 8.95. The number of aryl methyl sites for hydroxylation is 1. The largest absolute Gasteiger partial charge is 0.484 e. The lowest BCUT2D eigenvalue weighted by atomic mass is 9.86. The van der Waals surface area contributed by atoms with Crippen LogP contribution in [0.3, 0.4) is 0 Å². The van der Waals surface area contributed by atoms with Crippen molar-refractivity contribution in [3.63, 3.8) is 0 Å². The van der Waals surface area contributed by atoms with Crippen molar-refractivity contribution in [1.82, 2.24) is 16.2 Å². The quantitative estimate of drug-likeness (QED) is 0.434. The molecule has 30 heavy (non-hydrogen) atoms. The first-order valence-electron chi connectivity index (χ1n) is 9.52. The smallest absolute Gasteiger partial charge is 0.276 e. The molecule has 0 aromatic heterocycles. The van der Waals surface area contributed by atoms with Gasteiger partial charge in [-0.15, -0.1) is 0 Å². The minimum absolute atomic E-state index is 0.0170. The first kappa shape index (κ1) is 23.8. The van der Waals surface area contributed by atoms with Gasteiger partial charge in [-0.3, -0.25) is 25.8 Å². The van der Waals surface area contributed by atoms with Crippen LogP contribution in [0.5, 0.6) is 5.75 Å². The molecule has 0 heterocycles. The van der Waals surface area contributed by atoms with Gasteiger partial charge in [-0.1, -0.05) is 61.8 Å². The second kappa shape index (κ2) is 10.5. The number of nitrogens with one attached hydrogen (secondary N) is 3. The molecule has 2 aromatic rings. The van der Waals surface area contributed by atoms with Gasteiger partial charge >= 0.3 is 0 Å². The van der Waals surface area contributed by atoms with Crippen LogP contribution in [0.2, 0.25) is 0 Å². The summed E-state index contributed by atoms with van der Waals surface area (Å²) in [6.45, 7) is 8.17. The molecule has 160 valence electrons. The molecular weight excluding hydrogens is 466 g/mol. The number of hydrazine groups is 1. The van der Waals surface area contributed by atoms with Gasteiger partial charge in [0.2, 0.25) is 0 Å². The number of rotatable bonds is 5. The maximum atomic E-state index is 12.4. The number of halogens is 1. The predicted molar refractivity (Wildman–Crippen MR) is 125 cm³/mol. The highest BCUT2D eigenvalue weighted by molar-refractivity contribution is 9.10. The van der Waals surface area contributed by atoms with Gasteiger partial charge in [-0.2, -0.15) is 0 Å². The monoisotopic (exact) mass is 491 g/mol. The van der Waals surface area contributed by atoms with Crippen LogP contribution in [0.15, 0.2) is 46.9 Å². The summed E-state index contributed by atoms with van der Waals surface area (Å²) in [5, 5.41) is 2.51. The number of carbonyl (C=O) groups is 2. The zero-order valence-electron chi connectivity index (χ0n) is 17.5. The third kappa shape index (κ3) is 7.11. The Bertz CT molecular complexity index is 924. The van der Waals surface area contributed by atoms with Crippen LogP contribution in [0, 0.1) is 0 Å². The van der Waals surface area contributed by atoms with Gasteiger partial charge in [0.25, 0.3) is 11.8 Å². The molecule has 0 radical (unpaired) electrons. The van der Waals surface area contributed by atoms with Crippen molar-refractivity contribution in [2.45, 2.75) is 39.5 Å². The van der Waals surface area contributed by atoms with Crippen molar-refractivity contribution < 1.29 is 14.3 Å². The summed E-state index contributed by atoms with van der Waals surface area (Å²) < 4.78 is 6.26. The highest BCUT2D eigenvalue weighted by Crippen LogP contribution is 2.30. The van der Waals surface area contributed by atoms with Gasteiger partial charge < -0.3 is 4.74 Å². The Balaban J connectivity index is 1.80. The second-order valence-electron chi connectivity index (χ2n) is 7.69. The van der Waals surface area contributed by atoms with Gasteiger partial charge in [-0.25, -0.2) is 0 Å². The fraction of sp³-hybridized carbons (Fsp3) is 0.318. The lowest BCUT2D eigenvalue weighted by Gasteiger charge is -2.21. The number of ether oxygens (including phenoxy) is 1. The third-order valence-corrected chi connectivity index (χ3v) is 5.14. The number of hydrogen-bond donors (Lipinski definition) is 3. The van der Waals surface area contributed by atoms with Crippen molar-refractivity contribution in [2.75, 3.05) is 6.61 Å². The Labute approximate surface area is 190 Å². The Morgan fingerprint density at radius 2 is 1.73 bits per heavy atom. The van der Waals surface area contributed by atoms with Gasteiger partial charge in [0.05, 0.1) is 0 Å². The summed E-state index contributed by atoms with van der Waals surface area (Å²) in [6.07, 6.45) is 0.936. The lowest BCUT2D eigenvalue weighted by Crippen LogP contribution is -2.49. The highest BCUT2D eigenvalue weighted by Gasteiger charge is 2.18. The van der Waals surface area contributed by atoms with E-state index in [1.165, 1.54) is 5.56 Å². The molecule has 0 saturated heterocycles. The van der Waals surface area contributed by atoms with Crippen LogP contribution >= 0.6 is 28.1 Å². The summed E-state index contributed by atoms with van der Waals surface area (Å²) >= 11 is 8.57. The predicted octanol–water partition coefficient (Wildman–Crippen LogP) is 4.02. The van der Waals surface area contributed by atoms with Crippen LogP contribution in [0.4, 0.5) is 0 Å². The van der Waals surface area contributed by atoms with E-state index < -0.39 is 5.91 Å². The maximum Gasteiger partial charge on any atom is 0.276 e. The Hall–Kier alpha value is -2.45. The average Bonchev–Trinajstić information content (AvgIpc) is 2.70. The topological polar surface area (TPSA) is 79.5 Å². The zero-order valence-corrected chi connectivity index (χ0v) is 19.9. The van der Waals surface area contributed by atoms with Crippen molar-refractivity contribution in [3.8, 4) is 5.75 Å². The number of thiocarbonyl (C=S) groups is 1. The lowest BCUT2D eigenvalue weighted by molar-refractivity contribution is -0.123. The molecule has 0 aliphatic rings. The number of carbonyl (C=O) groups excluding carboxylic acids is 2.